The van der Waals surface area contributed by atoms with Crippen LogP contribution in [-0.4, -0.2) is 12.5 Å². The molecule has 1 atom stereocenters. The Morgan fingerprint density at radius 2 is 2.27 bits per heavy atom. The Kier molecular flexibility index (Phi) is 6.71. The van der Waals surface area contributed by atoms with E-state index in [4.69, 9.17) is 0 Å². The van der Waals surface area contributed by atoms with Crippen molar-refractivity contribution in [3.8, 4) is 11.8 Å². The fraction of sp³-hybridized carbons (Fsp3) is 0.667. The molecule has 0 spiro atoms. The van der Waals surface area contributed by atoms with Gasteiger partial charge in [-0.25, -0.2) is 4.39 Å². The van der Waals surface area contributed by atoms with E-state index in [9.17, 15) is 9.18 Å². The number of halogens is 1. The summed E-state index contributed by atoms with van der Waals surface area (Å²) in [4.78, 5) is 9.70. The van der Waals surface area contributed by atoms with Gasteiger partial charge in [0.2, 0.25) is 0 Å². The lowest BCUT2D eigenvalue weighted by atomic mass is 10.1. The number of hydrogen-bond donors (Lipinski definition) is 0. The maximum Gasteiger partial charge on any atom is 0.192 e. The highest BCUT2D eigenvalue weighted by molar-refractivity contribution is 5.72. The number of carbonyl (C=O) groups is 1. The predicted octanol–water partition coefficient (Wildman–Crippen LogP) is 2.11. The Labute approximate surface area is 67.0 Å². The van der Waals surface area contributed by atoms with Crippen molar-refractivity contribution in [2.24, 2.45) is 0 Å². The van der Waals surface area contributed by atoms with E-state index >= 15 is 0 Å². The van der Waals surface area contributed by atoms with Gasteiger partial charge >= 0.3 is 0 Å². The molecule has 0 rings (SSSR count). The standard InChI is InChI=1S/C9H13FO/c1-2-3-4-6-9(10)7-5-8-11/h8-9H,2-4,6H2,1H3. The van der Waals surface area contributed by atoms with E-state index in [1.165, 1.54) is 0 Å². The average molecular weight is 156 g/mol. The second-order valence-electron chi connectivity index (χ2n) is 2.37. The Morgan fingerprint density at radius 3 is 2.82 bits per heavy atom. The summed E-state index contributed by atoms with van der Waals surface area (Å²) in [7, 11) is 0. The fourth-order valence-corrected chi connectivity index (χ4v) is 0.770. The number of hydrogen-bond acceptors (Lipinski definition) is 1. The van der Waals surface area contributed by atoms with Crippen molar-refractivity contribution in [3.63, 3.8) is 0 Å². The van der Waals surface area contributed by atoms with Gasteiger partial charge in [0.25, 0.3) is 0 Å². The molecule has 0 N–H and O–H groups in total. The molecular weight excluding hydrogens is 143 g/mol. The van der Waals surface area contributed by atoms with Crippen molar-refractivity contribution < 1.29 is 9.18 Å². The summed E-state index contributed by atoms with van der Waals surface area (Å²) < 4.78 is 12.6. The van der Waals surface area contributed by atoms with Gasteiger partial charge in [-0.05, 0) is 18.8 Å². The molecule has 0 aliphatic carbocycles. The second kappa shape index (κ2) is 7.27. The predicted molar refractivity (Wildman–Crippen MR) is 42.9 cm³/mol. The van der Waals surface area contributed by atoms with Gasteiger partial charge < -0.3 is 0 Å². The molecule has 0 saturated heterocycles. The summed E-state index contributed by atoms with van der Waals surface area (Å²) in [6, 6.07) is 0. The van der Waals surface area contributed by atoms with Gasteiger partial charge in [-0.3, -0.25) is 4.79 Å². The lowest BCUT2D eigenvalue weighted by molar-refractivity contribution is -0.103. The summed E-state index contributed by atoms with van der Waals surface area (Å²) >= 11 is 0. The first-order chi connectivity index (χ1) is 5.31. The zero-order chi connectivity index (χ0) is 8.53. The molecule has 0 heterocycles. The SMILES string of the molecule is CCCCCC(F)C#CC=O. The van der Waals surface area contributed by atoms with E-state index in [2.05, 4.69) is 18.8 Å². The van der Waals surface area contributed by atoms with Gasteiger partial charge in [0.1, 0.15) is 0 Å². The van der Waals surface area contributed by atoms with Crippen molar-refractivity contribution in [3.05, 3.63) is 0 Å². The quantitative estimate of drug-likeness (QED) is 0.346. The van der Waals surface area contributed by atoms with Crippen LogP contribution in [0.4, 0.5) is 4.39 Å². The maximum absolute atomic E-state index is 12.6. The van der Waals surface area contributed by atoms with Crippen molar-refractivity contribution in [2.45, 2.75) is 38.8 Å². The van der Waals surface area contributed by atoms with E-state index in [-0.39, 0.29) is 0 Å². The molecule has 0 aliphatic rings. The van der Waals surface area contributed by atoms with Crippen LogP contribution in [0.3, 0.4) is 0 Å². The molecule has 0 radical (unpaired) electrons. The summed E-state index contributed by atoms with van der Waals surface area (Å²) in [6.45, 7) is 2.06. The maximum atomic E-state index is 12.6. The van der Waals surface area contributed by atoms with Crippen LogP contribution in [0, 0.1) is 11.8 Å². The molecule has 11 heavy (non-hydrogen) atoms. The number of rotatable bonds is 4. The number of unbranched alkanes of at least 4 members (excludes halogenated alkanes) is 2. The molecule has 0 aromatic heterocycles. The zero-order valence-corrected chi connectivity index (χ0v) is 6.77. The van der Waals surface area contributed by atoms with Crippen molar-refractivity contribution in [1.29, 1.82) is 0 Å². The minimum absolute atomic E-state index is 0.423. The van der Waals surface area contributed by atoms with E-state index < -0.39 is 6.17 Å². The van der Waals surface area contributed by atoms with Crippen LogP contribution in [-0.2, 0) is 4.79 Å². The monoisotopic (exact) mass is 156 g/mol. The van der Waals surface area contributed by atoms with Crippen LogP contribution in [0.2, 0.25) is 0 Å². The van der Waals surface area contributed by atoms with Gasteiger partial charge in [-0.1, -0.05) is 25.7 Å². The molecule has 1 unspecified atom stereocenters. The third-order valence-corrected chi connectivity index (χ3v) is 1.36. The normalized spacial score (nSPS) is 11.5. The summed E-state index contributed by atoms with van der Waals surface area (Å²) in [5, 5.41) is 0. The second-order valence-corrected chi connectivity index (χ2v) is 2.37. The average Bonchev–Trinajstić information content (AvgIpc) is 2.01. The minimum atomic E-state index is -1.12. The minimum Gasteiger partial charge on any atom is -0.289 e. The Balaban J connectivity index is 3.36. The van der Waals surface area contributed by atoms with Crippen molar-refractivity contribution in [1.82, 2.24) is 0 Å². The summed E-state index contributed by atoms with van der Waals surface area (Å²) in [5.41, 5.74) is 0. The van der Waals surface area contributed by atoms with Gasteiger partial charge in [-0.2, -0.15) is 0 Å². The third kappa shape index (κ3) is 7.05. The number of carbonyl (C=O) groups excluding carboxylic acids is 1. The smallest absolute Gasteiger partial charge is 0.192 e. The molecule has 0 bridgehead atoms. The van der Waals surface area contributed by atoms with Crippen LogP contribution in [0.5, 0.6) is 0 Å². The third-order valence-electron chi connectivity index (χ3n) is 1.36. The fourth-order valence-electron chi connectivity index (χ4n) is 0.770. The van der Waals surface area contributed by atoms with Crippen LogP contribution in [0.15, 0.2) is 0 Å². The zero-order valence-electron chi connectivity index (χ0n) is 6.77. The van der Waals surface area contributed by atoms with Crippen LogP contribution in [0.1, 0.15) is 32.6 Å². The van der Waals surface area contributed by atoms with E-state index in [0.29, 0.717) is 12.7 Å². The molecule has 0 aromatic carbocycles. The Morgan fingerprint density at radius 1 is 1.55 bits per heavy atom. The van der Waals surface area contributed by atoms with Crippen molar-refractivity contribution in [2.75, 3.05) is 0 Å². The topological polar surface area (TPSA) is 17.1 Å². The molecule has 1 nitrogen and oxygen atoms in total. The lowest BCUT2D eigenvalue weighted by Gasteiger charge is -1.97. The highest BCUT2D eigenvalue weighted by atomic mass is 19.1. The van der Waals surface area contributed by atoms with Gasteiger partial charge in [0.15, 0.2) is 12.5 Å². The number of aldehydes is 1. The summed E-state index contributed by atoms with van der Waals surface area (Å²) in [6.07, 6.45) is 2.72. The lowest BCUT2D eigenvalue weighted by Crippen LogP contribution is -1.95. The molecule has 0 aliphatic heterocycles. The van der Waals surface area contributed by atoms with Crippen LogP contribution >= 0.6 is 0 Å². The summed E-state index contributed by atoms with van der Waals surface area (Å²) in [5.74, 6) is 4.28. The molecule has 0 fully saturated rings. The number of alkyl halides is 1. The highest BCUT2D eigenvalue weighted by Gasteiger charge is 1.99. The van der Waals surface area contributed by atoms with E-state index in [0.717, 1.165) is 19.3 Å². The van der Waals surface area contributed by atoms with Gasteiger partial charge in [-0.15, -0.1) is 0 Å². The highest BCUT2D eigenvalue weighted by Crippen LogP contribution is 2.04. The van der Waals surface area contributed by atoms with Crippen LogP contribution < -0.4 is 0 Å². The van der Waals surface area contributed by atoms with Crippen molar-refractivity contribution >= 4 is 6.29 Å². The molecule has 0 saturated carbocycles. The molecule has 0 amide bonds. The largest absolute Gasteiger partial charge is 0.289 e. The first kappa shape index (κ1) is 10.2. The first-order valence-electron chi connectivity index (χ1n) is 3.90. The Hall–Kier alpha value is -0.840. The Bertz CT molecular complexity index is 155. The van der Waals surface area contributed by atoms with E-state index in [1.54, 1.807) is 0 Å². The van der Waals surface area contributed by atoms with Gasteiger partial charge in [0.05, 0.1) is 0 Å². The van der Waals surface area contributed by atoms with Crippen LogP contribution in [0.25, 0.3) is 0 Å². The molecule has 2 heteroatoms. The molecule has 0 aromatic rings. The van der Waals surface area contributed by atoms with E-state index in [1.807, 2.05) is 0 Å². The molecular formula is C9H13FO. The first-order valence-corrected chi connectivity index (χ1v) is 3.90. The van der Waals surface area contributed by atoms with Gasteiger partial charge in [0, 0.05) is 0 Å². The molecule has 62 valence electrons.